The van der Waals surface area contributed by atoms with Gasteiger partial charge in [0.2, 0.25) is 0 Å². The molecule has 10 heteroatoms. The Hall–Kier alpha value is -3.27. The highest BCUT2D eigenvalue weighted by atomic mass is 32.2. The van der Waals surface area contributed by atoms with E-state index in [-0.39, 0.29) is 16.9 Å². The number of ether oxygens (including phenoxy) is 1. The Kier molecular flexibility index (Phi) is 6.20. The first-order chi connectivity index (χ1) is 15.9. The number of carbonyl (C=O) groups is 1. The molecule has 0 saturated heterocycles. The molecule has 9 nitrogen and oxygen atoms in total. The average molecular weight is 484 g/mol. The number of nitrogens with zero attached hydrogens (tertiary/aromatic N) is 5. The van der Waals surface area contributed by atoms with E-state index >= 15 is 0 Å². The Labute approximate surface area is 199 Å². The van der Waals surface area contributed by atoms with Crippen molar-refractivity contribution in [1.82, 2.24) is 24.4 Å². The molecule has 0 spiro atoms. The van der Waals surface area contributed by atoms with Gasteiger partial charge in [-0.2, -0.15) is 0 Å². The fourth-order valence-electron chi connectivity index (χ4n) is 3.89. The number of aromatic nitrogens is 4. The third kappa shape index (κ3) is 5.27. The summed E-state index contributed by atoms with van der Waals surface area (Å²) >= 11 is 0. The van der Waals surface area contributed by atoms with Crippen LogP contribution in [-0.4, -0.2) is 63.9 Å². The van der Waals surface area contributed by atoms with Gasteiger partial charge in [-0.25, -0.2) is 18.2 Å². The van der Waals surface area contributed by atoms with E-state index in [0.717, 1.165) is 22.3 Å². The van der Waals surface area contributed by atoms with Crippen LogP contribution in [0.5, 0.6) is 0 Å². The topological polar surface area (TPSA) is 107 Å². The Morgan fingerprint density at radius 1 is 1.18 bits per heavy atom. The van der Waals surface area contributed by atoms with Crippen molar-refractivity contribution in [1.29, 1.82) is 0 Å². The molecule has 1 atom stereocenters. The van der Waals surface area contributed by atoms with Gasteiger partial charge in [-0.1, -0.05) is 13.0 Å². The Balaban J connectivity index is 1.47. The number of rotatable bonds is 4. The SMILES string of the molecule is CC1CN(C(=O)OC(C)(C)C)CC=C1c1cnc(Cn2ccc3cc(S(C)(=O)=O)cnc32)cn1. The Bertz CT molecular complexity index is 1350. The zero-order chi connectivity index (χ0) is 24.7. The Morgan fingerprint density at radius 2 is 1.94 bits per heavy atom. The third-order valence-electron chi connectivity index (χ3n) is 5.55. The molecule has 0 bridgehead atoms. The molecule has 34 heavy (non-hydrogen) atoms. The average Bonchev–Trinajstić information content (AvgIpc) is 3.14. The van der Waals surface area contributed by atoms with E-state index < -0.39 is 15.4 Å². The van der Waals surface area contributed by atoms with E-state index in [4.69, 9.17) is 4.74 Å². The van der Waals surface area contributed by atoms with Crippen LogP contribution in [0.2, 0.25) is 0 Å². The first-order valence-electron chi connectivity index (χ1n) is 11.0. The molecule has 0 aliphatic carbocycles. The van der Waals surface area contributed by atoms with Crippen molar-refractivity contribution in [2.45, 2.75) is 44.7 Å². The van der Waals surface area contributed by atoms with Gasteiger partial charge in [0, 0.05) is 43.0 Å². The van der Waals surface area contributed by atoms with Crippen LogP contribution in [0, 0.1) is 5.92 Å². The molecular weight excluding hydrogens is 454 g/mol. The third-order valence-corrected chi connectivity index (χ3v) is 6.63. The number of hydrogen-bond acceptors (Lipinski definition) is 7. The molecule has 4 rings (SSSR count). The fourth-order valence-corrected chi connectivity index (χ4v) is 4.48. The molecule has 180 valence electrons. The molecule has 1 aliphatic heterocycles. The highest BCUT2D eigenvalue weighted by Crippen LogP contribution is 2.27. The number of hydrogen-bond donors (Lipinski definition) is 0. The lowest BCUT2D eigenvalue weighted by Gasteiger charge is -2.32. The first-order valence-corrected chi connectivity index (χ1v) is 12.9. The van der Waals surface area contributed by atoms with E-state index in [2.05, 4.69) is 21.9 Å². The number of fused-ring (bicyclic) bond motifs is 1. The molecule has 0 saturated carbocycles. The molecule has 3 aromatic heterocycles. The summed E-state index contributed by atoms with van der Waals surface area (Å²) in [5.41, 5.74) is 2.76. The summed E-state index contributed by atoms with van der Waals surface area (Å²) in [6.45, 7) is 9.11. The molecule has 4 heterocycles. The van der Waals surface area contributed by atoms with E-state index in [9.17, 15) is 13.2 Å². The number of carbonyl (C=O) groups excluding carboxylic acids is 1. The first kappa shape index (κ1) is 23.9. The molecule has 1 aliphatic rings. The van der Waals surface area contributed by atoms with Crippen LogP contribution in [0.15, 0.2) is 47.9 Å². The smallest absolute Gasteiger partial charge is 0.410 e. The van der Waals surface area contributed by atoms with Gasteiger partial charge in [0.05, 0.1) is 35.2 Å². The summed E-state index contributed by atoms with van der Waals surface area (Å²) in [6, 6.07) is 3.46. The van der Waals surface area contributed by atoms with Crippen molar-refractivity contribution in [3.63, 3.8) is 0 Å². The van der Waals surface area contributed by atoms with Crippen molar-refractivity contribution in [3.8, 4) is 0 Å². The Morgan fingerprint density at radius 3 is 2.56 bits per heavy atom. The van der Waals surface area contributed by atoms with Crippen molar-refractivity contribution in [2.75, 3.05) is 19.3 Å². The monoisotopic (exact) mass is 483 g/mol. The van der Waals surface area contributed by atoms with Gasteiger partial charge in [0.1, 0.15) is 11.2 Å². The normalized spacial score (nSPS) is 17.0. The maximum atomic E-state index is 12.4. The van der Waals surface area contributed by atoms with Crippen LogP contribution in [0.25, 0.3) is 16.6 Å². The summed E-state index contributed by atoms with van der Waals surface area (Å²) < 4.78 is 30.9. The predicted octanol–water partition coefficient (Wildman–Crippen LogP) is 3.55. The molecule has 1 unspecified atom stereocenters. The second-order valence-corrected chi connectivity index (χ2v) is 11.7. The lowest BCUT2D eigenvalue weighted by atomic mass is 9.94. The predicted molar refractivity (Wildman–Crippen MR) is 129 cm³/mol. The van der Waals surface area contributed by atoms with Crippen LogP contribution < -0.4 is 0 Å². The van der Waals surface area contributed by atoms with Crippen LogP contribution in [-0.2, 0) is 21.1 Å². The van der Waals surface area contributed by atoms with Gasteiger partial charge in [-0.15, -0.1) is 0 Å². The molecule has 1 amide bonds. The van der Waals surface area contributed by atoms with Crippen molar-refractivity contribution in [2.24, 2.45) is 5.92 Å². The standard InChI is InChI=1S/C24H29N5O4S/c1-16-14-29(23(30)33-24(2,3)4)9-7-20(16)21-13-25-18(11-26-21)15-28-8-6-17-10-19(34(5,31)32)12-27-22(17)28/h6-8,10-13,16H,9,14-15H2,1-5H3. The minimum absolute atomic E-state index is 0.100. The van der Waals surface area contributed by atoms with Gasteiger partial charge in [0.25, 0.3) is 0 Å². The van der Waals surface area contributed by atoms with E-state index in [1.165, 1.54) is 12.5 Å². The van der Waals surface area contributed by atoms with Crippen LogP contribution >= 0.6 is 0 Å². The summed E-state index contributed by atoms with van der Waals surface area (Å²) in [7, 11) is -3.31. The maximum absolute atomic E-state index is 12.4. The van der Waals surface area contributed by atoms with E-state index in [0.29, 0.717) is 25.3 Å². The molecule has 3 aromatic rings. The quantitative estimate of drug-likeness (QED) is 0.558. The second kappa shape index (κ2) is 8.83. The molecule has 0 fully saturated rings. The van der Waals surface area contributed by atoms with Crippen molar-refractivity contribution >= 4 is 32.5 Å². The molecule has 0 N–H and O–H groups in total. The van der Waals surface area contributed by atoms with Gasteiger partial charge in [0.15, 0.2) is 9.84 Å². The molecular formula is C24H29N5O4S. The summed E-state index contributed by atoms with van der Waals surface area (Å²) in [6.07, 6.45) is 9.58. The fraction of sp³-hybridized carbons (Fsp3) is 0.417. The summed E-state index contributed by atoms with van der Waals surface area (Å²) in [5.74, 6) is 0.100. The maximum Gasteiger partial charge on any atom is 0.410 e. The minimum Gasteiger partial charge on any atom is -0.444 e. The van der Waals surface area contributed by atoms with Crippen LogP contribution in [0.3, 0.4) is 0 Å². The van der Waals surface area contributed by atoms with Crippen LogP contribution in [0.4, 0.5) is 4.79 Å². The zero-order valence-corrected chi connectivity index (χ0v) is 20.8. The zero-order valence-electron chi connectivity index (χ0n) is 20.0. The van der Waals surface area contributed by atoms with Crippen molar-refractivity contribution in [3.05, 3.63) is 54.4 Å². The lowest BCUT2D eigenvalue weighted by molar-refractivity contribution is 0.0251. The van der Waals surface area contributed by atoms with Gasteiger partial charge in [-0.05, 0) is 38.5 Å². The molecule has 0 aromatic carbocycles. The van der Waals surface area contributed by atoms with Crippen molar-refractivity contribution < 1.29 is 17.9 Å². The van der Waals surface area contributed by atoms with Crippen LogP contribution in [0.1, 0.15) is 39.1 Å². The van der Waals surface area contributed by atoms with Gasteiger partial charge in [-0.3, -0.25) is 9.97 Å². The number of amides is 1. The second-order valence-electron chi connectivity index (χ2n) is 9.64. The van der Waals surface area contributed by atoms with Gasteiger partial charge < -0.3 is 14.2 Å². The number of sulfone groups is 1. The van der Waals surface area contributed by atoms with E-state index in [1.54, 1.807) is 23.4 Å². The minimum atomic E-state index is -3.31. The summed E-state index contributed by atoms with van der Waals surface area (Å²) in [5, 5.41) is 0.753. The molecule has 0 radical (unpaired) electrons. The largest absolute Gasteiger partial charge is 0.444 e. The highest BCUT2D eigenvalue weighted by Gasteiger charge is 2.27. The summed E-state index contributed by atoms with van der Waals surface area (Å²) in [4.78, 5) is 27.8. The van der Waals surface area contributed by atoms with Gasteiger partial charge >= 0.3 is 6.09 Å². The number of pyridine rings is 1. The highest BCUT2D eigenvalue weighted by molar-refractivity contribution is 7.90. The lowest BCUT2D eigenvalue weighted by Crippen LogP contribution is -2.41. The van der Waals surface area contributed by atoms with E-state index in [1.807, 2.05) is 43.7 Å².